The number of rotatable bonds is 5. The van der Waals surface area contributed by atoms with Crippen LogP contribution in [0.3, 0.4) is 0 Å². The maximum Gasteiger partial charge on any atom is 0.256 e. The van der Waals surface area contributed by atoms with Crippen molar-refractivity contribution in [3.05, 3.63) is 107 Å². The molecule has 0 bridgehead atoms. The Morgan fingerprint density at radius 1 is 0.906 bits per heavy atom. The zero-order valence-electron chi connectivity index (χ0n) is 16.8. The third-order valence-electron chi connectivity index (χ3n) is 5.17. The molecule has 6 nitrogen and oxygen atoms in total. The molecular formula is C25H18N4O2S. The van der Waals surface area contributed by atoms with Crippen molar-refractivity contribution < 1.29 is 9.90 Å². The van der Waals surface area contributed by atoms with Gasteiger partial charge in [-0.1, -0.05) is 78.9 Å². The van der Waals surface area contributed by atoms with Crippen LogP contribution in [0.2, 0.25) is 0 Å². The van der Waals surface area contributed by atoms with E-state index in [1.165, 1.54) is 11.3 Å². The molecule has 1 atom stereocenters. The molecule has 2 heterocycles. The Labute approximate surface area is 188 Å². The van der Waals surface area contributed by atoms with E-state index < -0.39 is 11.9 Å². The average molecular weight is 439 g/mol. The van der Waals surface area contributed by atoms with Gasteiger partial charge in [-0.25, -0.2) is 4.98 Å². The minimum Gasteiger partial charge on any atom is -0.505 e. The number of amides is 1. The van der Waals surface area contributed by atoms with Crippen molar-refractivity contribution in [1.29, 1.82) is 0 Å². The number of nitrogens with zero attached hydrogens (tertiary/aromatic N) is 3. The second-order valence-corrected chi connectivity index (χ2v) is 8.03. The summed E-state index contributed by atoms with van der Waals surface area (Å²) < 4.78 is 0. The number of aromatic hydroxyl groups is 1. The number of para-hydroxylation sites is 1. The Kier molecular flexibility index (Phi) is 5.31. The maximum atomic E-state index is 13.6. The molecule has 3 aromatic carbocycles. The highest BCUT2D eigenvalue weighted by Crippen LogP contribution is 2.36. The summed E-state index contributed by atoms with van der Waals surface area (Å²) in [5.41, 5.74) is 4.40. The minimum absolute atomic E-state index is 0.156. The van der Waals surface area contributed by atoms with E-state index >= 15 is 0 Å². The van der Waals surface area contributed by atoms with Crippen molar-refractivity contribution in [2.45, 2.75) is 6.04 Å². The summed E-state index contributed by atoms with van der Waals surface area (Å²) in [5, 5.41) is 23.6. The maximum absolute atomic E-state index is 13.6. The third kappa shape index (κ3) is 3.70. The molecule has 0 saturated carbocycles. The van der Waals surface area contributed by atoms with Crippen LogP contribution in [-0.2, 0) is 0 Å². The molecule has 1 amide bonds. The lowest BCUT2D eigenvalue weighted by atomic mass is 10.0. The number of pyridine rings is 1. The molecule has 156 valence electrons. The summed E-state index contributed by atoms with van der Waals surface area (Å²) in [4.78, 5) is 18.2. The first-order valence-corrected chi connectivity index (χ1v) is 10.9. The van der Waals surface area contributed by atoms with E-state index in [9.17, 15) is 9.90 Å². The van der Waals surface area contributed by atoms with Gasteiger partial charge in [-0.2, -0.15) is 0 Å². The monoisotopic (exact) mass is 438 g/mol. The van der Waals surface area contributed by atoms with Crippen LogP contribution in [0, 0.1) is 0 Å². The molecule has 5 aromatic rings. The van der Waals surface area contributed by atoms with Gasteiger partial charge in [0.05, 0.1) is 11.1 Å². The van der Waals surface area contributed by atoms with Crippen LogP contribution >= 0.6 is 11.3 Å². The third-order valence-corrected chi connectivity index (χ3v) is 5.93. The lowest BCUT2D eigenvalue weighted by Crippen LogP contribution is -2.29. The van der Waals surface area contributed by atoms with E-state index in [0.29, 0.717) is 21.6 Å². The van der Waals surface area contributed by atoms with Gasteiger partial charge in [-0.3, -0.25) is 4.79 Å². The van der Waals surface area contributed by atoms with Gasteiger partial charge < -0.3 is 10.4 Å². The largest absolute Gasteiger partial charge is 0.505 e. The SMILES string of the molecule is O=C(NC(c1ccccc1)c1nncs1)c1c(O)c(-c2ccccc2)nc2ccccc12. The van der Waals surface area contributed by atoms with Gasteiger partial charge in [0.25, 0.3) is 5.91 Å². The van der Waals surface area contributed by atoms with Crippen molar-refractivity contribution in [2.24, 2.45) is 0 Å². The molecule has 1 unspecified atom stereocenters. The smallest absolute Gasteiger partial charge is 0.256 e. The highest BCUT2D eigenvalue weighted by molar-refractivity contribution is 7.09. The summed E-state index contributed by atoms with van der Waals surface area (Å²) in [5.74, 6) is -0.571. The highest BCUT2D eigenvalue weighted by Gasteiger charge is 2.26. The quantitative estimate of drug-likeness (QED) is 0.404. The number of aromatic nitrogens is 3. The summed E-state index contributed by atoms with van der Waals surface area (Å²) >= 11 is 1.36. The molecular weight excluding hydrogens is 420 g/mol. The van der Waals surface area contributed by atoms with Crippen molar-refractivity contribution in [3.63, 3.8) is 0 Å². The molecule has 5 rings (SSSR count). The standard InChI is InChI=1S/C25H18N4O2S/c30-23-20(18-13-7-8-14-19(18)27-21(23)16-9-3-1-4-10-16)24(31)28-22(25-29-26-15-32-25)17-11-5-2-6-12-17/h1-15,22,30H,(H,28,31). The predicted molar refractivity (Wildman–Crippen MR) is 125 cm³/mol. The minimum atomic E-state index is -0.497. The Hall–Kier alpha value is -4.10. The number of carbonyl (C=O) groups excluding carboxylic acids is 1. The Bertz CT molecular complexity index is 1370. The number of hydrogen-bond donors (Lipinski definition) is 2. The summed E-state index contributed by atoms with van der Waals surface area (Å²) in [7, 11) is 0. The molecule has 7 heteroatoms. The van der Waals surface area contributed by atoms with Crippen LogP contribution in [-0.4, -0.2) is 26.2 Å². The molecule has 0 saturated heterocycles. The molecule has 2 N–H and O–H groups in total. The highest BCUT2D eigenvalue weighted by atomic mass is 32.1. The molecule has 0 spiro atoms. The fourth-order valence-corrected chi connectivity index (χ4v) is 4.30. The van der Waals surface area contributed by atoms with Gasteiger partial charge in [0.2, 0.25) is 0 Å². The molecule has 0 aliphatic heterocycles. The number of fused-ring (bicyclic) bond motifs is 1. The average Bonchev–Trinajstić information content (AvgIpc) is 3.38. The van der Waals surface area contributed by atoms with Crippen molar-refractivity contribution in [3.8, 4) is 17.0 Å². The van der Waals surface area contributed by atoms with Gasteiger partial charge >= 0.3 is 0 Å². The Morgan fingerprint density at radius 3 is 2.31 bits per heavy atom. The van der Waals surface area contributed by atoms with Gasteiger partial charge in [0, 0.05) is 10.9 Å². The molecule has 32 heavy (non-hydrogen) atoms. The van der Waals surface area contributed by atoms with Crippen molar-refractivity contribution >= 4 is 28.1 Å². The van der Waals surface area contributed by atoms with Crippen molar-refractivity contribution in [1.82, 2.24) is 20.5 Å². The predicted octanol–water partition coefficient (Wildman–Crippen LogP) is 4.98. The van der Waals surface area contributed by atoms with Crippen LogP contribution in [0.5, 0.6) is 5.75 Å². The first kappa shape index (κ1) is 19.8. The molecule has 0 aliphatic carbocycles. The van der Waals surface area contributed by atoms with E-state index in [4.69, 9.17) is 0 Å². The number of benzene rings is 3. The van der Waals surface area contributed by atoms with Crippen LogP contribution < -0.4 is 5.32 Å². The summed E-state index contributed by atoms with van der Waals surface area (Å²) in [6.45, 7) is 0. The van der Waals surface area contributed by atoms with E-state index in [1.54, 1.807) is 11.6 Å². The van der Waals surface area contributed by atoms with Gasteiger partial charge in [0.1, 0.15) is 22.3 Å². The number of hydrogen-bond acceptors (Lipinski definition) is 6. The second-order valence-electron chi connectivity index (χ2n) is 7.16. The van der Waals surface area contributed by atoms with Crippen LogP contribution in [0.4, 0.5) is 0 Å². The zero-order chi connectivity index (χ0) is 21.9. The lowest BCUT2D eigenvalue weighted by Gasteiger charge is -2.19. The Balaban J connectivity index is 1.63. The van der Waals surface area contributed by atoms with Crippen molar-refractivity contribution in [2.75, 3.05) is 0 Å². The first-order valence-electron chi connectivity index (χ1n) is 10.0. The topological polar surface area (TPSA) is 88.0 Å². The lowest BCUT2D eigenvalue weighted by molar-refractivity contribution is 0.0942. The van der Waals surface area contributed by atoms with Gasteiger partial charge in [-0.05, 0) is 11.6 Å². The van der Waals surface area contributed by atoms with E-state index in [0.717, 1.165) is 11.1 Å². The molecule has 0 aliphatic rings. The van der Waals surface area contributed by atoms with Gasteiger partial charge in [-0.15, -0.1) is 21.5 Å². The van der Waals surface area contributed by atoms with Crippen LogP contribution in [0.25, 0.3) is 22.2 Å². The zero-order valence-corrected chi connectivity index (χ0v) is 17.7. The number of carbonyl (C=O) groups is 1. The normalized spacial score (nSPS) is 11.9. The van der Waals surface area contributed by atoms with Gasteiger partial charge in [0.15, 0.2) is 5.75 Å². The Morgan fingerprint density at radius 2 is 1.59 bits per heavy atom. The molecule has 2 aromatic heterocycles. The molecule has 0 fully saturated rings. The summed E-state index contributed by atoms with van der Waals surface area (Å²) in [6.07, 6.45) is 0. The fourth-order valence-electron chi connectivity index (χ4n) is 3.67. The molecule has 0 radical (unpaired) electrons. The summed E-state index contributed by atoms with van der Waals surface area (Å²) in [6, 6.07) is 25.7. The van der Waals surface area contributed by atoms with E-state index in [2.05, 4.69) is 20.5 Å². The number of nitrogens with one attached hydrogen (secondary N) is 1. The van der Waals surface area contributed by atoms with E-state index in [1.807, 2.05) is 78.9 Å². The fraction of sp³-hybridized carbons (Fsp3) is 0.0400. The van der Waals surface area contributed by atoms with Crippen LogP contribution in [0.15, 0.2) is 90.4 Å². The second kappa shape index (κ2) is 8.56. The first-order chi connectivity index (χ1) is 15.7. The van der Waals surface area contributed by atoms with E-state index in [-0.39, 0.29) is 11.3 Å². The van der Waals surface area contributed by atoms with Crippen LogP contribution in [0.1, 0.15) is 27.0 Å².